The fourth-order valence-electron chi connectivity index (χ4n) is 2.38. The number of unbranched alkanes of at least 4 members (excludes halogenated alkanes) is 1. The molecule has 0 N–H and O–H groups in total. The van der Waals surface area contributed by atoms with Gasteiger partial charge < -0.3 is 4.90 Å². The van der Waals surface area contributed by atoms with Crippen molar-refractivity contribution in [3.8, 4) is 6.07 Å². The van der Waals surface area contributed by atoms with Gasteiger partial charge in [0.05, 0.1) is 22.7 Å². The highest BCUT2D eigenvalue weighted by Crippen LogP contribution is 2.32. The molecule has 0 fully saturated rings. The molecule has 0 saturated heterocycles. The summed E-state index contributed by atoms with van der Waals surface area (Å²) in [6, 6.07) is 7.52. The van der Waals surface area contributed by atoms with E-state index in [1.807, 2.05) is 13.8 Å². The minimum absolute atomic E-state index is 0.341. The number of benzene rings is 1. The molecule has 0 saturated carbocycles. The maximum Gasteiger partial charge on any atom is 0.299 e. The van der Waals surface area contributed by atoms with E-state index in [-0.39, 0.29) is 5.41 Å². The fraction of sp³-hybridized carbons (Fsp3) is 0.438. The second kappa shape index (κ2) is 5.98. The summed E-state index contributed by atoms with van der Waals surface area (Å²) in [6.07, 6.45) is 2.41. The maximum atomic E-state index is 12.0. The molecule has 1 aliphatic heterocycles. The molecule has 0 bridgehead atoms. The second-order valence-corrected chi connectivity index (χ2v) is 6.82. The number of carbonyl (C=O) groups excluding carboxylic acids is 2. The van der Waals surface area contributed by atoms with E-state index in [1.165, 1.54) is 0 Å². The van der Waals surface area contributed by atoms with Crippen LogP contribution in [0.2, 0.25) is 0 Å². The quantitative estimate of drug-likeness (QED) is 0.602. The van der Waals surface area contributed by atoms with Crippen LogP contribution in [-0.2, 0) is 4.79 Å². The zero-order valence-corrected chi connectivity index (χ0v) is 13.7. The van der Waals surface area contributed by atoms with Crippen LogP contribution in [0.1, 0.15) is 43.5 Å². The van der Waals surface area contributed by atoms with E-state index in [9.17, 15) is 9.59 Å². The van der Waals surface area contributed by atoms with Crippen LogP contribution in [0.25, 0.3) is 0 Å². The van der Waals surface area contributed by atoms with Crippen molar-refractivity contribution in [3.05, 3.63) is 28.2 Å². The molecule has 1 amide bonds. The summed E-state index contributed by atoms with van der Waals surface area (Å²) in [5, 5.41) is 8.98. The number of Topliss-reactive ketones (excluding diaryl/α,β-unsaturated/α-hetero) is 1. The molecule has 1 aliphatic rings. The van der Waals surface area contributed by atoms with Crippen LogP contribution in [0.3, 0.4) is 0 Å². The molecule has 0 spiro atoms. The predicted octanol–water partition coefficient (Wildman–Crippen LogP) is 3.70. The second-order valence-electron chi connectivity index (χ2n) is 5.90. The highest BCUT2D eigenvalue weighted by molar-refractivity contribution is 9.10. The van der Waals surface area contributed by atoms with Crippen molar-refractivity contribution in [2.75, 3.05) is 11.4 Å². The number of carbonyl (C=O) groups is 2. The third-order valence-corrected chi connectivity index (χ3v) is 4.16. The van der Waals surface area contributed by atoms with E-state index in [0.29, 0.717) is 17.8 Å². The van der Waals surface area contributed by atoms with Crippen molar-refractivity contribution in [1.82, 2.24) is 0 Å². The summed E-state index contributed by atoms with van der Waals surface area (Å²) < 4.78 is 0.847. The van der Waals surface area contributed by atoms with Gasteiger partial charge in [0.25, 0.3) is 11.7 Å². The van der Waals surface area contributed by atoms with Gasteiger partial charge in [-0.3, -0.25) is 9.59 Å². The molecule has 0 unspecified atom stereocenters. The van der Waals surface area contributed by atoms with Crippen LogP contribution < -0.4 is 4.90 Å². The number of hydrogen-bond donors (Lipinski definition) is 0. The van der Waals surface area contributed by atoms with Gasteiger partial charge in [0.15, 0.2) is 0 Å². The van der Waals surface area contributed by atoms with E-state index >= 15 is 0 Å². The number of rotatable bonds is 5. The first kappa shape index (κ1) is 15.7. The van der Waals surface area contributed by atoms with E-state index in [2.05, 4.69) is 22.0 Å². The topological polar surface area (TPSA) is 61.2 Å². The molecule has 0 aliphatic carbocycles. The number of halogens is 1. The summed E-state index contributed by atoms with van der Waals surface area (Å²) in [5.41, 5.74) is 0.811. The molecule has 0 radical (unpaired) electrons. The Labute approximate surface area is 132 Å². The van der Waals surface area contributed by atoms with Gasteiger partial charge in [-0.05, 0) is 44.9 Å². The molecular formula is C16H17BrN2O2. The van der Waals surface area contributed by atoms with Crippen LogP contribution >= 0.6 is 15.9 Å². The maximum absolute atomic E-state index is 12.0. The summed E-state index contributed by atoms with van der Waals surface area (Å²) in [7, 11) is 0. The van der Waals surface area contributed by atoms with Crippen molar-refractivity contribution < 1.29 is 9.59 Å². The van der Waals surface area contributed by atoms with Crippen molar-refractivity contribution >= 4 is 33.3 Å². The normalized spacial score (nSPS) is 14.3. The number of ketones is 1. The Morgan fingerprint density at radius 3 is 2.67 bits per heavy atom. The third kappa shape index (κ3) is 3.33. The first-order valence-electron chi connectivity index (χ1n) is 6.93. The first-order chi connectivity index (χ1) is 9.85. The predicted molar refractivity (Wildman–Crippen MR) is 84.1 cm³/mol. The lowest BCUT2D eigenvalue weighted by Gasteiger charge is -2.18. The molecule has 0 aromatic heterocycles. The molecule has 0 atom stereocenters. The molecule has 110 valence electrons. The highest BCUT2D eigenvalue weighted by Gasteiger charge is 2.35. The zero-order chi connectivity index (χ0) is 15.6. The molecule has 5 heteroatoms. The summed E-state index contributed by atoms with van der Waals surface area (Å²) >= 11 is 3.36. The van der Waals surface area contributed by atoms with Crippen molar-refractivity contribution in [3.63, 3.8) is 0 Å². The average Bonchev–Trinajstić information content (AvgIpc) is 2.67. The van der Waals surface area contributed by atoms with E-state index in [1.54, 1.807) is 23.1 Å². The van der Waals surface area contributed by atoms with Crippen LogP contribution in [0.5, 0.6) is 0 Å². The minimum atomic E-state index is -0.456. The van der Waals surface area contributed by atoms with Gasteiger partial charge in [-0.25, -0.2) is 0 Å². The molecule has 21 heavy (non-hydrogen) atoms. The number of anilines is 1. The lowest BCUT2D eigenvalue weighted by Crippen LogP contribution is -2.30. The number of nitriles is 1. The summed E-state index contributed by atoms with van der Waals surface area (Å²) in [6.45, 7) is 4.32. The Kier molecular flexibility index (Phi) is 4.48. The number of nitrogens with zero attached hydrogens (tertiary/aromatic N) is 2. The summed E-state index contributed by atoms with van der Waals surface area (Å²) in [5.74, 6) is -0.891. The van der Waals surface area contributed by atoms with Crippen LogP contribution in [-0.4, -0.2) is 18.2 Å². The van der Waals surface area contributed by atoms with Crippen molar-refractivity contribution in [1.29, 1.82) is 5.26 Å². The Hall–Kier alpha value is -1.67. The summed E-state index contributed by atoms with van der Waals surface area (Å²) in [4.78, 5) is 25.5. The Bertz CT molecular complexity index is 632. The van der Waals surface area contributed by atoms with E-state index in [4.69, 9.17) is 5.26 Å². The number of amides is 1. The van der Waals surface area contributed by atoms with Crippen molar-refractivity contribution in [2.45, 2.75) is 33.1 Å². The molecule has 2 rings (SSSR count). The van der Waals surface area contributed by atoms with Gasteiger partial charge in [-0.1, -0.05) is 22.4 Å². The number of fused-ring (bicyclic) bond motifs is 1. The van der Waals surface area contributed by atoms with E-state index in [0.717, 1.165) is 23.7 Å². The minimum Gasteiger partial charge on any atom is -0.305 e. The lowest BCUT2D eigenvalue weighted by molar-refractivity contribution is -0.114. The lowest BCUT2D eigenvalue weighted by atomic mass is 9.89. The average molecular weight is 349 g/mol. The molecule has 1 aromatic rings. The monoisotopic (exact) mass is 348 g/mol. The Balaban J connectivity index is 2.02. The zero-order valence-electron chi connectivity index (χ0n) is 12.1. The smallest absolute Gasteiger partial charge is 0.299 e. The molecule has 1 heterocycles. The number of hydrogen-bond acceptors (Lipinski definition) is 3. The van der Waals surface area contributed by atoms with Gasteiger partial charge in [0.1, 0.15) is 0 Å². The molecule has 4 nitrogen and oxygen atoms in total. The van der Waals surface area contributed by atoms with Crippen LogP contribution in [0, 0.1) is 16.7 Å². The third-order valence-electron chi connectivity index (χ3n) is 3.67. The molecular weight excluding hydrogens is 332 g/mol. The Morgan fingerprint density at radius 1 is 1.29 bits per heavy atom. The fourth-order valence-corrected chi connectivity index (χ4v) is 2.73. The van der Waals surface area contributed by atoms with E-state index < -0.39 is 11.7 Å². The van der Waals surface area contributed by atoms with Crippen LogP contribution in [0.15, 0.2) is 22.7 Å². The van der Waals surface area contributed by atoms with Gasteiger partial charge in [0.2, 0.25) is 0 Å². The highest BCUT2D eigenvalue weighted by atomic mass is 79.9. The van der Waals surface area contributed by atoms with Crippen LogP contribution in [0.4, 0.5) is 5.69 Å². The molecule has 1 aromatic carbocycles. The van der Waals surface area contributed by atoms with Gasteiger partial charge in [0, 0.05) is 11.0 Å². The standard InChI is InChI=1S/C16H17BrN2O2/c1-16(2,10-18)7-3-4-8-19-13-9-11(17)5-6-12(13)14(20)15(19)21/h5-6,9H,3-4,7-8H2,1-2H3. The van der Waals surface area contributed by atoms with Crippen molar-refractivity contribution in [2.24, 2.45) is 5.41 Å². The van der Waals surface area contributed by atoms with Gasteiger partial charge in [-0.15, -0.1) is 0 Å². The SMILES string of the molecule is CC(C)(C#N)CCCCN1C(=O)C(=O)c2ccc(Br)cc21. The Morgan fingerprint density at radius 2 is 2.00 bits per heavy atom. The van der Waals surface area contributed by atoms with Gasteiger partial charge in [-0.2, -0.15) is 5.26 Å². The largest absolute Gasteiger partial charge is 0.305 e. The van der Waals surface area contributed by atoms with Gasteiger partial charge >= 0.3 is 0 Å². The first-order valence-corrected chi connectivity index (χ1v) is 7.72.